The predicted octanol–water partition coefficient (Wildman–Crippen LogP) is 3.42. The lowest BCUT2D eigenvalue weighted by molar-refractivity contribution is 0.136. The average molecular weight is 351 g/mol. The van der Waals surface area contributed by atoms with Crippen LogP contribution in [0.1, 0.15) is 36.1 Å². The minimum Gasteiger partial charge on any atom is -0.298 e. The quantitative estimate of drug-likeness (QED) is 0.760. The Kier molecular flexibility index (Phi) is 3.67. The summed E-state index contributed by atoms with van der Waals surface area (Å²) in [5.41, 5.74) is 6.09. The zero-order valence-corrected chi connectivity index (χ0v) is 14.6. The molecule has 2 aliphatic rings. The van der Waals surface area contributed by atoms with Gasteiger partial charge in [-0.25, -0.2) is 4.39 Å². The first-order valence-corrected chi connectivity index (χ1v) is 9.27. The van der Waals surface area contributed by atoms with Crippen LogP contribution in [0.25, 0.3) is 11.3 Å². The van der Waals surface area contributed by atoms with E-state index in [9.17, 15) is 4.39 Å². The Morgan fingerprint density at radius 3 is 2.81 bits per heavy atom. The first-order chi connectivity index (χ1) is 12.7. The molecule has 0 bridgehead atoms. The molecule has 1 aliphatic heterocycles. The largest absolute Gasteiger partial charge is 0.298 e. The Morgan fingerprint density at radius 1 is 1.08 bits per heavy atom. The molecule has 1 fully saturated rings. The third kappa shape index (κ3) is 2.56. The fraction of sp³-hybridized carbons (Fsp3) is 0.400. The number of aromatic nitrogens is 4. The number of fused-ring (bicyclic) bond motifs is 2. The van der Waals surface area contributed by atoms with Crippen molar-refractivity contribution in [3.63, 3.8) is 0 Å². The van der Waals surface area contributed by atoms with Crippen LogP contribution in [-0.4, -0.2) is 38.4 Å². The monoisotopic (exact) mass is 351 g/mol. The van der Waals surface area contributed by atoms with Gasteiger partial charge in [0, 0.05) is 35.3 Å². The van der Waals surface area contributed by atoms with E-state index in [4.69, 9.17) is 0 Å². The van der Waals surface area contributed by atoms with Crippen LogP contribution in [0.3, 0.4) is 0 Å². The van der Waals surface area contributed by atoms with Gasteiger partial charge in [-0.05, 0) is 62.1 Å². The van der Waals surface area contributed by atoms with Gasteiger partial charge in [-0.2, -0.15) is 10.2 Å². The summed E-state index contributed by atoms with van der Waals surface area (Å²) in [7, 11) is 0. The van der Waals surface area contributed by atoms with E-state index < -0.39 is 0 Å². The molecule has 26 heavy (non-hydrogen) atoms. The molecule has 0 saturated carbocycles. The minimum absolute atomic E-state index is 0.218. The second-order valence-corrected chi connectivity index (χ2v) is 7.64. The number of benzene rings is 1. The second kappa shape index (κ2) is 6.06. The standard InChI is InChI=1S/C20H22FN5/c21-17-4-2-14(3-5-17)18-16(11-22-24-18)12-26-9-1-7-20(13-26)8-6-15-10-23-25-19(15)20/h2-5,10-11H,1,6-9,12-13H2,(H,22,24)(H,23,25). The molecule has 6 heteroatoms. The molecule has 1 aliphatic carbocycles. The second-order valence-electron chi connectivity index (χ2n) is 7.64. The van der Waals surface area contributed by atoms with Crippen molar-refractivity contribution >= 4 is 0 Å². The molecule has 1 atom stereocenters. The molecule has 0 amide bonds. The highest BCUT2D eigenvalue weighted by atomic mass is 19.1. The SMILES string of the molecule is Fc1ccc(-c2[nH]ncc2CN2CCCC3(CCc4cn[nH]c43)C2)cc1. The number of rotatable bonds is 3. The molecule has 1 saturated heterocycles. The fourth-order valence-electron chi connectivity index (χ4n) is 4.77. The molecule has 2 aromatic heterocycles. The Hall–Kier alpha value is -2.47. The molecule has 5 nitrogen and oxygen atoms in total. The van der Waals surface area contributed by atoms with Crippen LogP contribution in [0.4, 0.5) is 4.39 Å². The number of nitrogens with one attached hydrogen (secondary N) is 2. The Balaban J connectivity index is 1.38. The summed E-state index contributed by atoms with van der Waals surface area (Å²) < 4.78 is 13.2. The first kappa shape index (κ1) is 15.8. The van der Waals surface area contributed by atoms with Crippen molar-refractivity contribution in [2.45, 2.75) is 37.6 Å². The van der Waals surface area contributed by atoms with Gasteiger partial charge in [0.05, 0.1) is 18.1 Å². The van der Waals surface area contributed by atoms with Crippen molar-refractivity contribution in [1.82, 2.24) is 25.3 Å². The van der Waals surface area contributed by atoms with Gasteiger partial charge in [-0.3, -0.25) is 15.1 Å². The molecule has 0 radical (unpaired) electrons. The zero-order chi connectivity index (χ0) is 17.6. The van der Waals surface area contributed by atoms with Gasteiger partial charge in [0.2, 0.25) is 0 Å². The maximum absolute atomic E-state index is 13.2. The molecule has 1 unspecified atom stereocenters. The van der Waals surface area contributed by atoms with Gasteiger partial charge in [-0.1, -0.05) is 0 Å². The van der Waals surface area contributed by atoms with E-state index in [1.165, 1.54) is 42.7 Å². The number of halogens is 1. The normalized spacial score (nSPS) is 22.8. The molecule has 1 spiro atoms. The smallest absolute Gasteiger partial charge is 0.123 e. The summed E-state index contributed by atoms with van der Waals surface area (Å²) in [5.74, 6) is -0.218. The van der Waals surface area contributed by atoms with E-state index in [0.29, 0.717) is 0 Å². The molecule has 1 aromatic carbocycles. The third-order valence-electron chi connectivity index (χ3n) is 6.02. The van der Waals surface area contributed by atoms with E-state index in [1.807, 2.05) is 12.4 Å². The number of nitrogens with zero attached hydrogens (tertiary/aromatic N) is 3. The van der Waals surface area contributed by atoms with Crippen LogP contribution in [0, 0.1) is 5.82 Å². The minimum atomic E-state index is -0.218. The van der Waals surface area contributed by atoms with Crippen molar-refractivity contribution in [3.8, 4) is 11.3 Å². The number of aromatic amines is 2. The lowest BCUT2D eigenvalue weighted by atomic mass is 9.77. The van der Waals surface area contributed by atoms with Crippen LogP contribution < -0.4 is 0 Å². The number of hydrogen-bond donors (Lipinski definition) is 2. The van der Waals surface area contributed by atoms with E-state index in [-0.39, 0.29) is 11.2 Å². The molecular formula is C20H22FN5. The van der Waals surface area contributed by atoms with E-state index in [2.05, 4.69) is 25.3 Å². The Labute approximate surface area is 151 Å². The average Bonchev–Trinajstić information content (AvgIpc) is 3.36. The van der Waals surface area contributed by atoms with E-state index in [1.54, 1.807) is 12.1 Å². The third-order valence-corrected chi connectivity index (χ3v) is 6.02. The Morgan fingerprint density at radius 2 is 1.92 bits per heavy atom. The summed E-state index contributed by atoms with van der Waals surface area (Å²) in [6.45, 7) is 3.00. The van der Waals surface area contributed by atoms with Crippen LogP contribution in [0.15, 0.2) is 36.7 Å². The highest BCUT2D eigenvalue weighted by Crippen LogP contribution is 2.44. The van der Waals surface area contributed by atoms with Crippen molar-refractivity contribution in [3.05, 3.63) is 59.3 Å². The van der Waals surface area contributed by atoms with Crippen molar-refractivity contribution in [2.24, 2.45) is 0 Å². The zero-order valence-electron chi connectivity index (χ0n) is 14.6. The lowest BCUT2D eigenvalue weighted by Gasteiger charge is -2.40. The molecule has 3 aromatic rings. The molecule has 2 N–H and O–H groups in total. The number of aryl methyl sites for hydroxylation is 1. The lowest BCUT2D eigenvalue weighted by Crippen LogP contribution is -2.44. The van der Waals surface area contributed by atoms with E-state index in [0.717, 1.165) is 42.9 Å². The van der Waals surface area contributed by atoms with E-state index >= 15 is 0 Å². The molecule has 134 valence electrons. The summed E-state index contributed by atoms with van der Waals surface area (Å²) in [4.78, 5) is 2.53. The van der Waals surface area contributed by atoms with Crippen molar-refractivity contribution < 1.29 is 4.39 Å². The molecular weight excluding hydrogens is 329 g/mol. The molecule has 3 heterocycles. The van der Waals surface area contributed by atoms with Crippen molar-refractivity contribution in [1.29, 1.82) is 0 Å². The van der Waals surface area contributed by atoms with Gasteiger partial charge in [0.15, 0.2) is 0 Å². The van der Waals surface area contributed by atoms with Gasteiger partial charge >= 0.3 is 0 Å². The van der Waals surface area contributed by atoms with Crippen LogP contribution in [0.2, 0.25) is 0 Å². The van der Waals surface area contributed by atoms with Crippen LogP contribution in [0.5, 0.6) is 0 Å². The van der Waals surface area contributed by atoms with Gasteiger partial charge in [0.25, 0.3) is 0 Å². The summed E-state index contributed by atoms with van der Waals surface area (Å²) in [5, 5.41) is 14.9. The van der Waals surface area contributed by atoms with Crippen molar-refractivity contribution in [2.75, 3.05) is 13.1 Å². The number of H-pyrrole nitrogens is 2. The summed E-state index contributed by atoms with van der Waals surface area (Å²) in [6.07, 6.45) is 8.66. The highest BCUT2D eigenvalue weighted by molar-refractivity contribution is 5.62. The van der Waals surface area contributed by atoms with Gasteiger partial charge in [0.1, 0.15) is 5.82 Å². The number of likely N-dealkylation sites (tertiary alicyclic amines) is 1. The summed E-state index contributed by atoms with van der Waals surface area (Å²) in [6, 6.07) is 6.60. The summed E-state index contributed by atoms with van der Waals surface area (Å²) >= 11 is 0. The maximum Gasteiger partial charge on any atom is 0.123 e. The molecule has 5 rings (SSSR count). The van der Waals surface area contributed by atoms with Gasteiger partial charge in [-0.15, -0.1) is 0 Å². The van der Waals surface area contributed by atoms with Gasteiger partial charge < -0.3 is 0 Å². The highest BCUT2D eigenvalue weighted by Gasteiger charge is 2.43. The number of hydrogen-bond acceptors (Lipinski definition) is 3. The van der Waals surface area contributed by atoms with Crippen LogP contribution >= 0.6 is 0 Å². The predicted molar refractivity (Wildman–Crippen MR) is 97.1 cm³/mol. The fourth-order valence-corrected chi connectivity index (χ4v) is 4.77. The first-order valence-electron chi connectivity index (χ1n) is 9.27. The Bertz CT molecular complexity index is 912. The number of piperidine rings is 1. The van der Waals surface area contributed by atoms with Crippen LogP contribution in [-0.2, 0) is 18.4 Å². The maximum atomic E-state index is 13.2. The topological polar surface area (TPSA) is 60.6 Å².